The zero-order valence-corrected chi connectivity index (χ0v) is 18.2. The van der Waals surface area contributed by atoms with Gasteiger partial charge in [0.1, 0.15) is 11.5 Å². The number of unbranched alkanes of at least 4 members (excludes halogenated alkanes) is 1. The lowest BCUT2D eigenvalue weighted by molar-refractivity contribution is -0.139. The van der Waals surface area contributed by atoms with E-state index in [0.717, 1.165) is 18.4 Å². The van der Waals surface area contributed by atoms with Crippen molar-refractivity contribution in [3.63, 3.8) is 0 Å². The molecule has 1 aliphatic heterocycles. The summed E-state index contributed by atoms with van der Waals surface area (Å²) in [6.45, 7) is 2.43. The molecule has 0 radical (unpaired) electrons. The lowest BCUT2D eigenvalue weighted by Crippen LogP contribution is -2.30. The van der Waals surface area contributed by atoms with Crippen LogP contribution in [0.4, 0.5) is 0 Å². The lowest BCUT2D eigenvalue weighted by Gasteiger charge is -2.25. The molecule has 7 nitrogen and oxygen atoms in total. The Hall–Kier alpha value is -3.48. The first-order valence-corrected chi connectivity index (χ1v) is 10.1. The van der Waals surface area contributed by atoms with Gasteiger partial charge in [0.15, 0.2) is 11.5 Å². The number of ketones is 1. The van der Waals surface area contributed by atoms with Crippen molar-refractivity contribution in [2.45, 2.75) is 25.8 Å². The summed E-state index contributed by atoms with van der Waals surface area (Å²) in [7, 11) is 4.57. The molecule has 1 heterocycles. The molecule has 1 N–H and O–H groups in total. The molecule has 1 unspecified atom stereocenters. The summed E-state index contributed by atoms with van der Waals surface area (Å²) in [5.74, 6) is -0.00400. The van der Waals surface area contributed by atoms with Crippen LogP contribution in [0.3, 0.4) is 0 Å². The number of carbonyl (C=O) groups excluding carboxylic acids is 2. The smallest absolute Gasteiger partial charge is 0.295 e. The Morgan fingerprint density at radius 1 is 0.968 bits per heavy atom. The molecule has 164 valence electrons. The van der Waals surface area contributed by atoms with Gasteiger partial charge in [-0.3, -0.25) is 9.59 Å². The quantitative estimate of drug-likeness (QED) is 0.392. The lowest BCUT2D eigenvalue weighted by atomic mass is 9.95. The minimum Gasteiger partial charge on any atom is -0.507 e. The van der Waals surface area contributed by atoms with Crippen molar-refractivity contribution in [3.05, 3.63) is 59.2 Å². The van der Waals surface area contributed by atoms with Gasteiger partial charge >= 0.3 is 0 Å². The van der Waals surface area contributed by atoms with Gasteiger partial charge in [0.25, 0.3) is 11.7 Å². The largest absolute Gasteiger partial charge is 0.507 e. The number of Topliss-reactive ketones (excluding diaryl/α,β-unsaturated/α-hetero) is 1. The minimum atomic E-state index is -0.704. The third-order valence-electron chi connectivity index (χ3n) is 5.38. The number of rotatable bonds is 8. The van der Waals surface area contributed by atoms with Crippen molar-refractivity contribution in [1.29, 1.82) is 0 Å². The summed E-state index contributed by atoms with van der Waals surface area (Å²) < 4.78 is 15.8. The van der Waals surface area contributed by atoms with E-state index < -0.39 is 17.7 Å². The van der Waals surface area contributed by atoms with E-state index in [9.17, 15) is 14.7 Å². The van der Waals surface area contributed by atoms with Gasteiger partial charge in [0.2, 0.25) is 0 Å². The number of aliphatic hydroxyl groups excluding tert-OH is 1. The normalized spacial score (nSPS) is 17.7. The highest BCUT2D eigenvalue weighted by molar-refractivity contribution is 6.46. The van der Waals surface area contributed by atoms with Crippen LogP contribution in [0.15, 0.2) is 48.0 Å². The molecule has 2 aromatic rings. The zero-order valence-electron chi connectivity index (χ0n) is 18.2. The summed E-state index contributed by atoms with van der Waals surface area (Å²) in [5, 5.41) is 11.1. The Kier molecular flexibility index (Phi) is 6.84. The molecule has 1 aliphatic rings. The van der Waals surface area contributed by atoms with Crippen molar-refractivity contribution in [2.75, 3.05) is 27.9 Å². The molecule has 0 aliphatic carbocycles. The number of hydrogen-bond donors (Lipinski definition) is 1. The van der Waals surface area contributed by atoms with Crippen LogP contribution in [0.25, 0.3) is 5.76 Å². The number of carbonyl (C=O) groups is 2. The third-order valence-corrected chi connectivity index (χ3v) is 5.38. The van der Waals surface area contributed by atoms with Crippen LogP contribution in [0.1, 0.15) is 36.9 Å². The number of hydrogen-bond acceptors (Lipinski definition) is 6. The van der Waals surface area contributed by atoms with Crippen LogP contribution in [0, 0.1) is 0 Å². The van der Waals surface area contributed by atoms with E-state index >= 15 is 0 Å². The third kappa shape index (κ3) is 4.21. The number of benzene rings is 2. The zero-order chi connectivity index (χ0) is 22.5. The Morgan fingerprint density at radius 2 is 1.65 bits per heavy atom. The number of nitrogens with zero attached hydrogens (tertiary/aromatic N) is 1. The summed E-state index contributed by atoms with van der Waals surface area (Å²) in [6, 6.07) is 11.3. The second kappa shape index (κ2) is 9.55. The summed E-state index contributed by atoms with van der Waals surface area (Å²) >= 11 is 0. The molecule has 1 amide bonds. The van der Waals surface area contributed by atoms with Gasteiger partial charge in [0, 0.05) is 12.1 Å². The van der Waals surface area contributed by atoms with E-state index in [0.29, 0.717) is 29.4 Å². The van der Waals surface area contributed by atoms with Crippen LogP contribution in [-0.2, 0) is 9.59 Å². The fourth-order valence-electron chi connectivity index (χ4n) is 3.71. The Labute approximate surface area is 181 Å². The van der Waals surface area contributed by atoms with E-state index in [4.69, 9.17) is 14.2 Å². The Bertz CT molecular complexity index is 996. The van der Waals surface area contributed by atoms with Crippen molar-refractivity contribution < 1.29 is 28.9 Å². The van der Waals surface area contributed by atoms with E-state index in [1.165, 1.54) is 19.1 Å². The van der Waals surface area contributed by atoms with Gasteiger partial charge in [-0.1, -0.05) is 25.5 Å². The fourth-order valence-corrected chi connectivity index (χ4v) is 3.71. The molecular weight excluding hydrogens is 398 g/mol. The van der Waals surface area contributed by atoms with Gasteiger partial charge in [-0.25, -0.2) is 0 Å². The van der Waals surface area contributed by atoms with Crippen LogP contribution >= 0.6 is 0 Å². The van der Waals surface area contributed by atoms with Gasteiger partial charge in [-0.15, -0.1) is 0 Å². The van der Waals surface area contributed by atoms with Crippen LogP contribution < -0.4 is 14.2 Å². The topological polar surface area (TPSA) is 85.3 Å². The molecule has 0 spiro atoms. The Morgan fingerprint density at radius 3 is 2.23 bits per heavy atom. The first-order valence-electron chi connectivity index (χ1n) is 10.1. The Balaban J connectivity index is 2.15. The predicted octanol–water partition coefficient (Wildman–Crippen LogP) is 3.93. The van der Waals surface area contributed by atoms with Crippen LogP contribution in [0.2, 0.25) is 0 Å². The summed E-state index contributed by atoms with van der Waals surface area (Å²) in [5.41, 5.74) is 1.14. The number of amides is 1. The van der Waals surface area contributed by atoms with Crippen LogP contribution in [0.5, 0.6) is 17.2 Å². The number of likely N-dealkylation sites (tertiary alicyclic amines) is 1. The molecule has 7 heteroatoms. The maximum absolute atomic E-state index is 13.0. The fraction of sp³-hybridized carbons (Fsp3) is 0.333. The van der Waals surface area contributed by atoms with E-state index in [-0.39, 0.29) is 11.3 Å². The van der Waals surface area contributed by atoms with E-state index in [1.807, 2.05) is 6.92 Å². The highest BCUT2D eigenvalue weighted by Crippen LogP contribution is 2.41. The average molecular weight is 425 g/mol. The molecule has 0 aromatic heterocycles. The number of methoxy groups -OCH3 is 3. The van der Waals surface area contributed by atoms with Crippen molar-refractivity contribution >= 4 is 17.4 Å². The average Bonchev–Trinajstić information content (AvgIpc) is 3.06. The monoisotopic (exact) mass is 425 g/mol. The highest BCUT2D eigenvalue weighted by Gasteiger charge is 2.45. The summed E-state index contributed by atoms with van der Waals surface area (Å²) in [6.07, 6.45) is 1.62. The molecule has 2 aromatic carbocycles. The molecular formula is C24H27NO6. The second-order valence-electron chi connectivity index (χ2n) is 7.19. The van der Waals surface area contributed by atoms with Gasteiger partial charge in [-0.2, -0.15) is 0 Å². The molecule has 0 bridgehead atoms. The second-order valence-corrected chi connectivity index (χ2v) is 7.19. The van der Waals surface area contributed by atoms with Crippen molar-refractivity contribution in [2.24, 2.45) is 0 Å². The van der Waals surface area contributed by atoms with Gasteiger partial charge in [0.05, 0.1) is 32.9 Å². The minimum absolute atomic E-state index is 0.0542. The maximum Gasteiger partial charge on any atom is 0.295 e. The highest BCUT2D eigenvalue weighted by atomic mass is 16.5. The molecule has 3 rings (SSSR count). The number of aliphatic hydroxyl groups is 1. The van der Waals surface area contributed by atoms with Crippen molar-refractivity contribution in [1.82, 2.24) is 4.90 Å². The predicted molar refractivity (Wildman–Crippen MR) is 116 cm³/mol. The molecule has 1 saturated heterocycles. The first-order chi connectivity index (χ1) is 15.0. The maximum atomic E-state index is 13.0. The first kappa shape index (κ1) is 22.2. The van der Waals surface area contributed by atoms with Gasteiger partial charge < -0.3 is 24.2 Å². The van der Waals surface area contributed by atoms with E-state index in [1.54, 1.807) is 49.6 Å². The molecule has 31 heavy (non-hydrogen) atoms. The molecule has 1 atom stereocenters. The molecule has 1 fully saturated rings. The number of ether oxygens (including phenoxy) is 3. The van der Waals surface area contributed by atoms with Crippen LogP contribution in [-0.4, -0.2) is 49.6 Å². The van der Waals surface area contributed by atoms with E-state index in [2.05, 4.69) is 0 Å². The SMILES string of the molecule is CCCCN1C(=O)C(=O)/C(=C(\O)c2ccc(OC)c(OC)c2)C1c1ccc(OC)cc1. The summed E-state index contributed by atoms with van der Waals surface area (Å²) in [4.78, 5) is 27.4. The standard InChI is InChI=1S/C24H27NO6/c1-5-6-13-25-21(15-7-10-17(29-2)11-8-15)20(23(27)24(25)28)22(26)16-9-12-18(30-3)19(14-16)31-4/h7-12,14,21,26H,5-6,13H2,1-4H3/b22-20-. The van der Waals surface area contributed by atoms with Crippen molar-refractivity contribution in [3.8, 4) is 17.2 Å². The molecule has 0 saturated carbocycles. The van der Waals surface area contributed by atoms with Gasteiger partial charge in [-0.05, 0) is 42.3 Å².